The van der Waals surface area contributed by atoms with Crippen LogP contribution in [0.4, 0.5) is 0 Å². The smallest absolute Gasteiger partial charge is 0.457 e. The molecule has 1 heterocycles. The normalized spacial score (nSPS) is 17.8. The lowest BCUT2D eigenvalue weighted by atomic mass is 10.1. The Kier molecular flexibility index (Phi) is 33.1. The summed E-state index contributed by atoms with van der Waals surface area (Å²) < 4.78 is 40.7. The number of phosphoric acid groups is 1. The molecule has 4 atom stereocenters. The number of likely N-dealkylation sites (N-methyl/N-ethyl adjacent to an activating group) is 1. The van der Waals surface area contributed by atoms with Gasteiger partial charge in [0.05, 0.1) is 46.6 Å². The van der Waals surface area contributed by atoms with E-state index in [1.54, 1.807) is 0 Å². The van der Waals surface area contributed by atoms with E-state index < -0.39 is 13.9 Å². The molecule has 0 aromatic carbocycles. The van der Waals surface area contributed by atoms with Gasteiger partial charge in [-0.3, -0.25) is 13.8 Å². The molecule has 0 radical (unpaired) electrons. The lowest BCUT2D eigenvalue weighted by Gasteiger charge is -2.24. The Labute approximate surface area is 343 Å². The van der Waals surface area contributed by atoms with Gasteiger partial charge in [0, 0.05) is 13.0 Å². The number of carbonyl (C=O) groups excluding carboxylic acids is 1. The van der Waals surface area contributed by atoms with Gasteiger partial charge in [0.2, 0.25) is 0 Å². The number of esters is 1. The van der Waals surface area contributed by atoms with Crippen LogP contribution in [0, 0.1) is 0 Å². The Balaban J connectivity index is 2.27. The van der Waals surface area contributed by atoms with Crippen LogP contribution in [0.25, 0.3) is 0 Å². The van der Waals surface area contributed by atoms with Gasteiger partial charge in [0.1, 0.15) is 19.3 Å². The Bertz CT molecular complexity index is 1100. The number of hydrogen-bond acceptors (Lipinski definition) is 7. The van der Waals surface area contributed by atoms with Crippen LogP contribution in [0.2, 0.25) is 0 Å². The second-order valence-corrected chi connectivity index (χ2v) is 17.9. The predicted octanol–water partition coefficient (Wildman–Crippen LogP) is 12.1. The number of nitrogens with zero attached hydrogens (tertiary/aromatic N) is 1. The van der Waals surface area contributed by atoms with Crippen molar-refractivity contribution in [3.63, 3.8) is 0 Å². The zero-order chi connectivity index (χ0) is 41.0. The van der Waals surface area contributed by atoms with Crippen molar-refractivity contribution >= 4 is 13.8 Å². The van der Waals surface area contributed by atoms with Crippen LogP contribution in [0.5, 0.6) is 0 Å². The van der Waals surface area contributed by atoms with Crippen molar-refractivity contribution < 1.29 is 42.0 Å². The molecule has 326 valence electrons. The van der Waals surface area contributed by atoms with Crippen molar-refractivity contribution in [3.05, 3.63) is 48.6 Å². The monoisotopic (exact) mass is 811 g/mol. The van der Waals surface area contributed by atoms with Crippen LogP contribution < -0.4 is 0 Å². The average Bonchev–Trinajstić information content (AvgIpc) is 3.91. The maximum atomic E-state index is 12.7. The van der Waals surface area contributed by atoms with Gasteiger partial charge in [0.15, 0.2) is 0 Å². The van der Waals surface area contributed by atoms with Crippen molar-refractivity contribution in [1.29, 1.82) is 0 Å². The van der Waals surface area contributed by atoms with Gasteiger partial charge >= 0.3 is 13.8 Å². The molecule has 0 aromatic heterocycles. The standard InChI is InChI=1S/C46H84NO8P/c1-6-8-10-12-14-15-16-17-18-19-20-21-22-26-30-34-39-51-41-43(42-53-56(49,50)52-40-38-47(3,4)5)54-46(48)37-33-29-25-23-24-28-32-36-45-44(55-45)35-31-27-13-11-9-7-2/h17-18,23,25,27-28,31-32,43-45H,6-16,19-22,24,26,29-30,33-42H2,1-5H3/p+1/b18-17-,25-23-,31-27+,32-28-. The lowest BCUT2D eigenvalue weighted by Crippen LogP contribution is -2.37. The number of hydrogen-bond donors (Lipinski definition) is 1. The van der Waals surface area contributed by atoms with Gasteiger partial charge in [0.25, 0.3) is 0 Å². The van der Waals surface area contributed by atoms with Crippen molar-refractivity contribution in [3.8, 4) is 0 Å². The quantitative estimate of drug-likeness (QED) is 0.0163. The summed E-state index contributed by atoms with van der Waals surface area (Å²) in [5.41, 5.74) is 0. The molecule has 9 nitrogen and oxygen atoms in total. The first-order chi connectivity index (χ1) is 27.1. The number of carbonyl (C=O) groups is 1. The van der Waals surface area contributed by atoms with Gasteiger partial charge in [-0.05, 0) is 77.0 Å². The topological polar surface area (TPSA) is 104 Å². The molecule has 0 amide bonds. The highest BCUT2D eigenvalue weighted by molar-refractivity contribution is 7.47. The summed E-state index contributed by atoms with van der Waals surface area (Å²) in [5.74, 6) is -0.374. The molecule has 1 aliphatic rings. The Morgan fingerprint density at radius 1 is 0.643 bits per heavy atom. The first-order valence-electron chi connectivity index (χ1n) is 22.5. The summed E-state index contributed by atoms with van der Waals surface area (Å²) in [7, 11) is 1.62. The van der Waals surface area contributed by atoms with Crippen molar-refractivity contribution in [1.82, 2.24) is 0 Å². The number of quaternary nitrogens is 1. The Morgan fingerprint density at radius 3 is 1.79 bits per heavy atom. The molecule has 56 heavy (non-hydrogen) atoms. The van der Waals surface area contributed by atoms with E-state index in [4.69, 9.17) is 23.3 Å². The Morgan fingerprint density at radius 2 is 1.14 bits per heavy atom. The summed E-state index contributed by atoms with van der Waals surface area (Å²) in [6.45, 7) is 5.48. The van der Waals surface area contributed by atoms with Gasteiger partial charge < -0.3 is 23.6 Å². The summed E-state index contributed by atoms with van der Waals surface area (Å²) in [4.78, 5) is 22.9. The van der Waals surface area contributed by atoms with E-state index in [1.165, 1.54) is 103 Å². The maximum Gasteiger partial charge on any atom is 0.472 e. The zero-order valence-corrected chi connectivity index (χ0v) is 37.5. The number of ether oxygens (including phenoxy) is 3. The van der Waals surface area contributed by atoms with Crippen molar-refractivity contribution in [2.75, 3.05) is 54.1 Å². The molecular formula is C46H85NO8P+. The maximum absolute atomic E-state index is 12.7. The molecule has 0 saturated carbocycles. The van der Waals surface area contributed by atoms with Crippen LogP contribution in [0.1, 0.15) is 168 Å². The molecule has 0 bridgehead atoms. The first-order valence-corrected chi connectivity index (χ1v) is 24.0. The van der Waals surface area contributed by atoms with E-state index in [0.717, 1.165) is 38.5 Å². The lowest BCUT2D eigenvalue weighted by molar-refractivity contribution is -0.870. The van der Waals surface area contributed by atoms with Crippen LogP contribution in [-0.4, -0.2) is 87.8 Å². The van der Waals surface area contributed by atoms with Gasteiger partial charge in [-0.25, -0.2) is 4.57 Å². The molecule has 0 aromatic rings. The minimum absolute atomic E-state index is 0.0734. The second kappa shape index (κ2) is 35.4. The molecule has 1 fully saturated rings. The minimum Gasteiger partial charge on any atom is -0.457 e. The number of phosphoric ester groups is 1. The van der Waals surface area contributed by atoms with E-state index >= 15 is 0 Å². The van der Waals surface area contributed by atoms with Crippen LogP contribution in [0.15, 0.2) is 48.6 Å². The number of allylic oxidation sites excluding steroid dienone is 6. The van der Waals surface area contributed by atoms with Crippen LogP contribution in [-0.2, 0) is 32.6 Å². The fraction of sp³-hybridized carbons (Fsp3) is 0.804. The van der Waals surface area contributed by atoms with Gasteiger partial charge in [-0.1, -0.05) is 133 Å². The molecule has 4 unspecified atom stereocenters. The van der Waals surface area contributed by atoms with E-state index in [0.29, 0.717) is 36.3 Å². The van der Waals surface area contributed by atoms with Crippen molar-refractivity contribution in [2.45, 2.75) is 186 Å². The molecule has 10 heteroatoms. The minimum atomic E-state index is -4.30. The van der Waals surface area contributed by atoms with E-state index in [-0.39, 0.29) is 32.2 Å². The third kappa shape index (κ3) is 35.6. The molecule has 0 aliphatic carbocycles. The third-order valence-corrected chi connectivity index (χ3v) is 10.7. The first kappa shape index (κ1) is 52.4. The number of unbranched alkanes of at least 4 members (excludes halogenated alkanes) is 16. The summed E-state index contributed by atoms with van der Waals surface area (Å²) in [6.07, 6.45) is 44.6. The molecule has 1 rings (SSSR count). The largest absolute Gasteiger partial charge is 0.472 e. The SMILES string of the molecule is CCCCC/C=C/CC1OC1C/C=C\C/C=C\CCCC(=O)OC(COCCCCCCCC/C=C\CCCCCCCC)COP(=O)(O)OCC[N+](C)(C)C. The highest BCUT2D eigenvalue weighted by Crippen LogP contribution is 2.43. The zero-order valence-electron chi connectivity index (χ0n) is 36.6. The third-order valence-electron chi connectivity index (χ3n) is 9.77. The number of rotatable bonds is 40. The second-order valence-electron chi connectivity index (χ2n) is 16.5. The Hall–Kier alpha value is -1.58. The van der Waals surface area contributed by atoms with E-state index in [2.05, 4.69) is 62.5 Å². The van der Waals surface area contributed by atoms with Gasteiger partial charge in [-0.2, -0.15) is 0 Å². The van der Waals surface area contributed by atoms with Crippen LogP contribution in [0.3, 0.4) is 0 Å². The molecular weight excluding hydrogens is 725 g/mol. The fourth-order valence-electron chi connectivity index (χ4n) is 6.11. The highest BCUT2D eigenvalue weighted by Gasteiger charge is 2.36. The molecule has 1 N–H and O–H groups in total. The number of epoxide rings is 1. The molecule has 1 aliphatic heterocycles. The summed E-state index contributed by atoms with van der Waals surface area (Å²) in [5, 5.41) is 0. The fourth-order valence-corrected chi connectivity index (χ4v) is 6.85. The van der Waals surface area contributed by atoms with Crippen molar-refractivity contribution in [2.24, 2.45) is 0 Å². The van der Waals surface area contributed by atoms with E-state index in [9.17, 15) is 14.3 Å². The highest BCUT2D eigenvalue weighted by atomic mass is 31.2. The molecule has 1 saturated heterocycles. The average molecular weight is 811 g/mol. The summed E-state index contributed by atoms with van der Waals surface area (Å²) in [6, 6.07) is 0. The summed E-state index contributed by atoms with van der Waals surface area (Å²) >= 11 is 0. The predicted molar refractivity (Wildman–Crippen MR) is 233 cm³/mol. The van der Waals surface area contributed by atoms with Crippen LogP contribution >= 0.6 is 7.82 Å². The van der Waals surface area contributed by atoms with E-state index in [1.807, 2.05) is 21.1 Å². The molecule has 0 spiro atoms. The van der Waals surface area contributed by atoms with Gasteiger partial charge in [-0.15, -0.1) is 0 Å².